The summed E-state index contributed by atoms with van der Waals surface area (Å²) in [6, 6.07) is 5.90. The van der Waals surface area contributed by atoms with E-state index < -0.39 is 0 Å². The van der Waals surface area contributed by atoms with Gasteiger partial charge in [0.15, 0.2) is 0 Å². The van der Waals surface area contributed by atoms with Crippen molar-refractivity contribution in [3.8, 4) is 5.75 Å². The highest BCUT2D eigenvalue weighted by Gasteiger charge is 2.47. The third kappa shape index (κ3) is 0.615. The fourth-order valence-electron chi connectivity index (χ4n) is 1.76. The number of hydrogen-bond donors (Lipinski definition) is 1. The Kier molecular flexibility index (Phi) is 0.757. The van der Waals surface area contributed by atoms with E-state index in [1.54, 1.807) is 0 Å². The lowest BCUT2D eigenvalue weighted by Gasteiger charge is -2.02. The van der Waals surface area contributed by atoms with E-state index >= 15 is 0 Å². The fourth-order valence-corrected chi connectivity index (χ4v) is 1.76. The monoisotopic (exact) mass is 147 g/mol. The summed E-state index contributed by atoms with van der Waals surface area (Å²) in [4.78, 5) is 0. The van der Waals surface area contributed by atoms with E-state index in [4.69, 9.17) is 10.5 Å². The molecular weight excluding hydrogens is 138 g/mol. The minimum atomic E-state index is 0.479. The van der Waals surface area contributed by atoms with E-state index in [1.807, 2.05) is 18.2 Å². The first-order valence-electron chi connectivity index (χ1n) is 3.91. The Morgan fingerprint density at radius 2 is 2.36 bits per heavy atom. The molecule has 0 saturated heterocycles. The third-order valence-corrected chi connectivity index (χ3v) is 2.44. The lowest BCUT2D eigenvalue weighted by atomic mass is 10.1. The van der Waals surface area contributed by atoms with Gasteiger partial charge in [-0.15, -0.1) is 0 Å². The van der Waals surface area contributed by atoms with E-state index in [9.17, 15) is 0 Å². The second kappa shape index (κ2) is 1.52. The maximum Gasteiger partial charge on any atom is 0.123 e. The number of hydrogen-bond acceptors (Lipinski definition) is 2. The molecule has 0 bridgehead atoms. The molecule has 2 heteroatoms. The molecule has 3 rings (SSSR count). The lowest BCUT2D eigenvalue weighted by molar-refractivity contribution is 0.318. The van der Waals surface area contributed by atoms with E-state index in [2.05, 4.69) is 0 Å². The number of anilines is 1. The van der Waals surface area contributed by atoms with Crippen LogP contribution in [0.3, 0.4) is 0 Å². The second-order valence-electron chi connectivity index (χ2n) is 3.30. The molecular formula is C9H9NO. The highest BCUT2D eigenvalue weighted by molar-refractivity contribution is 5.54. The van der Waals surface area contributed by atoms with Crippen molar-refractivity contribution in [1.82, 2.24) is 0 Å². The Balaban J connectivity index is 2.20. The molecule has 2 nitrogen and oxygen atoms in total. The molecule has 2 aliphatic rings. The van der Waals surface area contributed by atoms with E-state index in [-0.39, 0.29) is 0 Å². The van der Waals surface area contributed by atoms with Crippen LogP contribution in [0.2, 0.25) is 0 Å². The van der Waals surface area contributed by atoms with Gasteiger partial charge in [-0.3, -0.25) is 0 Å². The number of rotatable bonds is 0. The predicted molar refractivity (Wildman–Crippen MR) is 42.6 cm³/mol. The van der Waals surface area contributed by atoms with Crippen molar-refractivity contribution in [2.24, 2.45) is 0 Å². The highest BCUT2D eigenvalue weighted by Crippen LogP contribution is 2.53. The SMILES string of the molecule is Nc1ccc2c(c1)C1CC1O2. The first kappa shape index (κ1) is 5.47. The van der Waals surface area contributed by atoms with Gasteiger partial charge in [0.05, 0.1) is 0 Å². The van der Waals surface area contributed by atoms with Crippen LogP contribution in [0.25, 0.3) is 0 Å². The fraction of sp³-hybridized carbons (Fsp3) is 0.333. The summed E-state index contributed by atoms with van der Waals surface area (Å²) in [6.45, 7) is 0. The van der Waals surface area contributed by atoms with E-state index in [0.717, 1.165) is 11.4 Å². The van der Waals surface area contributed by atoms with Gasteiger partial charge in [0.1, 0.15) is 11.9 Å². The molecule has 11 heavy (non-hydrogen) atoms. The van der Waals surface area contributed by atoms with Crippen molar-refractivity contribution >= 4 is 5.69 Å². The van der Waals surface area contributed by atoms with Crippen LogP contribution in [-0.2, 0) is 0 Å². The zero-order valence-corrected chi connectivity index (χ0v) is 6.08. The van der Waals surface area contributed by atoms with Gasteiger partial charge in [0.25, 0.3) is 0 Å². The van der Waals surface area contributed by atoms with Crippen LogP contribution in [0.4, 0.5) is 5.69 Å². The largest absolute Gasteiger partial charge is 0.489 e. The Morgan fingerprint density at radius 3 is 3.27 bits per heavy atom. The summed E-state index contributed by atoms with van der Waals surface area (Å²) in [5.41, 5.74) is 7.82. The summed E-state index contributed by atoms with van der Waals surface area (Å²) >= 11 is 0. The summed E-state index contributed by atoms with van der Waals surface area (Å²) in [5, 5.41) is 0. The average molecular weight is 147 g/mol. The van der Waals surface area contributed by atoms with Crippen LogP contribution in [-0.4, -0.2) is 6.10 Å². The normalized spacial score (nSPS) is 30.5. The van der Waals surface area contributed by atoms with E-state index in [1.165, 1.54) is 12.0 Å². The van der Waals surface area contributed by atoms with Crippen molar-refractivity contribution in [2.75, 3.05) is 5.73 Å². The van der Waals surface area contributed by atoms with Gasteiger partial charge in [-0.25, -0.2) is 0 Å². The standard InChI is InChI=1S/C9H9NO/c10-5-1-2-8-6(3-5)7-4-9(7)11-8/h1-3,7,9H,4,10H2. The maximum absolute atomic E-state index is 5.66. The predicted octanol–water partition coefficient (Wildman–Crippen LogP) is 1.52. The summed E-state index contributed by atoms with van der Waals surface area (Å²) in [5.74, 6) is 1.70. The summed E-state index contributed by atoms with van der Waals surface area (Å²) in [7, 11) is 0. The molecule has 0 spiro atoms. The minimum absolute atomic E-state index is 0.479. The molecule has 1 heterocycles. The quantitative estimate of drug-likeness (QED) is 0.564. The molecule has 0 aromatic heterocycles. The molecule has 2 N–H and O–H groups in total. The lowest BCUT2D eigenvalue weighted by Crippen LogP contribution is -1.91. The second-order valence-corrected chi connectivity index (χ2v) is 3.30. The topological polar surface area (TPSA) is 35.2 Å². The molecule has 56 valence electrons. The molecule has 0 radical (unpaired) electrons. The number of ether oxygens (including phenoxy) is 1. The first-order chi connectivity index (χ1) is 5.34. The van der Waals surface area contributed by atoms with Crippen LogP contribution >= 0.6 is 0 Å². The Labute approximate surface area is 65.0 Å². The van der Waals surface area contributed by atoms with Crippen molar-refractivity contribution in [3.63, 3.8) is 0 Å². The van der Waals surface area contributed by atoms with Crippen LogP contribution in [0.1, 0.15) is 17.9 Å². The molecule has 1 aliphatic heterocycles. The number of nitrogen functional groups attached to an aromatic ring is 1. The Bertz CT molecular complexity index is 321. The molecule has 1 aromatic rings. The van der Waals surface area contributed by atoms with Gasteiger partial charge >= 0.3 is 0 Å². The highest BCUT2D eigenvalue weighted by atomic mass is 16.5. The van der Waals surface area contributed by atoms with E-state index in [0.29, 0.717) is 12.0 Å². The molecule has 1 aromatic carbocycles. The summed E-state index contributed by atoms with van der Waals surface area (Å²) < 4.78 is 5.58. The smallest absolute Gasteiger partial charge is 0.123 e. The third-order valence-electron chi connectivity index (χ3n) is 2.44. The van der Waals surface area contributed by atoms with Crippen molar-refractivity contribution in [2.45, 2.75) is 18.4 Å². The van der Waals surface area contributed by atoms with Crippen LogP contribution < -0.4 is 10.5 Å². The van der Waals surface area contributed by atoms with Gasteiger partial charge in [-0.05, 0) is 24.6 Å². The van der Waals surface area contributed by atoms with Gasteiger partial charge < -0.3 is 10.5 Å². The molecule has 1 fully saturated rings. The molecule has 2 atom stereocenters. The van der Waals surface area contributed by atoms with Crippen LogP contribution in [0.5, 0.6) is 5.75 Å². The van der Waals surface area contributed by atoms with Gasteiger partial charge in [-0.2, -0.15) is 0 Å². The number of benzene rings is 1. The van der Waals surface area contributed by atoms with Crippen LogP contribution in [0.15, 0.2) is 18.2 Å². The molecule has 2 unspecified atom stereocenters. The summed E-state index contributed by atoms with van der Waals surface area (Å²) in [6.07, 6.45) is 1.67. The minimum Gasteiger partial charge on any atom is -0.489 e. The first-order valence-corrected chi connectivity index (χ1v) is 3.91. The average Bonchev–Trinajstić information content (AvgIpc) is 2.67. The van der Waals surface area contributed by atoms with Crippen molar-refractivity contribution < 1.29 is 4.74 Å². The number of fused-ring (bicyclic) bond motifs is 3. The zero-order valence-electron chi connectivity index (χ0n) is 6.08. The van der Waals surface area contributed by atoms with Crippen LogP contribution in [0, 0.1) is 0 Å². The zero-order chi connectivity index (χ0) is 7.42. The maximum atomic E-state index is 5.66. The van der Waals surface area contributed by atoms with Gasteiger partial charge in [-0.1, -0.05) is 0 Å². The van der Waals surface area contributed by atoms with Gasteiger partial charge in [0, 0.05) is 17.2 Å². The molecule has 1 aliphatic carbocycles. The van der Waals surface area contributed by atoms with Crippen molar-refractivity contribution in [1.29, 1.82) is 0 Å². The number of nitrogens with two attached hydrogens (primary N) is 1. The Hall–Kier alpha value is -1.18. The Morgan fingerprint density at radius 1 is 1.45 bits per heavy atom. The molecule has 1 saturated carbocycles. The molecule has 0 amide bonds. The van der Waals surface area contributed by atoms with Gasteiger partial charge in [0.2, 0.25) is 0 Å². The van der Waals surface area contributed by atoms with Crippen molar-refractivity contribution in [3.05, 3.63) is 23.8 Å².